The number of benzene rings is 2. The van der Waals surface area contributed by atoms with Crippen molar-refractivity contribution in [3.8, 4) is 5.75 Å². The maximum atomic E-state index is 13.8. The molecule has 2 aromatic rings. The van der Waals surface area contributed by atoms with Gasteiger partial charge in [-0.15, -0.1) is 0 Å². The molecule has 0 radical (unpaired) electrons. The van der Waals surface area contributed by atoms with Gasteiger partial charge in [0.15, 0.2) is 0 Å². The number of hydrogen-bond donors (Lipinski definition) is 1. The van der Waals surface area contributed by atoms with Crippen molar-refractivity contribution in [2.75, 3.05) is 33.3 Å². The minimum atomic E-state index is -4.06. The molecule has 0 saturated carbocycles. The molecule has 2 aliphatic heterocycles. The molecule has 1 unspecified atom stereocenters. The van der Waals surface area contributed by atoms with E-state index in [0.29, 0.717) is 25.9 Å². The van der Waals surface area contributed by atoms with Crippen molar-refractivity contribution in [1.29, 1.82) is 0 Å². The van der Waals surface area contributed by atoms with Crippen LogP contribution in [0.4, 0.5) is 4.39 Å². The molecule has 2 saturated heterocycles. The van der Waals surface area contributed by atoms with Crippen LogP contribution < -0.4 is 10.1 Å². The number of piperidine rings is 2. The summed E-state index contributed by atoms with van der Waals surface area (Å²) in [6, 6.07) is 9.75. The zero-order valence-corrected chi connectivity index (χ0v) is 22.4. The standard InChI is InChI=1S/C25H32FN3O6S2/c1-35-23-12-9-21(26)16-24(23)37(33,34)29-15-5-6-20(18-29)25(30)27-17-19-7-10-22(11-8-19)36(31,32)28-13-3-2-4-14-28/h7-12,16,20H,2-6,13-15,17-18H2,1H3,(H,27,30). The first-order chi connectivity index (χ1) is 17.6. The van der Waals surface area contributed by atoms with E-state index in [9.17, 15) is 26.0 Å². The highest BCUT2D eigenvalue weighted by Crippen LogP contribution is 2.30. The fourth-order valence-electron chi connectivity index (χ4n) is 4.73. The molecule has 2 aliphatic rings. The predicted molar refractivity (Wildman–Crippen MR) is 135 cm³/mol. The molecule has 2 heterocycles. The van der Waals surface area contributed by atoms with Gasteiger partial charge in [-0.2, -0.15) is 8.61 Å². The molecular formula is C25H32FN3O6S2. The highest BCUT2D eigenvalue weighted by molar-refractivity contribution is 7.89. The van der Waals surface area contributed by atoms with Crippen LogP contribution in [0.1, 0.15) is 37.7 Å². The van der Waals surface area contributed by atoms with Crippen LogP contribution in [0.5, 0.6) is 5.75 Å². The zero-order valence-electron chi connectivity index (χ0n) is 20.7. The lowest BCUT2D eigenvalue weighted by Crippen LogP contribution is -2.45. The molecule has 0 aromatic heterocycles. The lowest BCUT2D eigenvalue weighted by atomic mass is 9.99. The number of carbonyl (C=O) groups excluding carboxylic acids is 1. The van der Waals surface area contributed by atoms with E-state index in [2.05, 4.69) is 5.32 Å². The third kappa shape index (κ3) is 6.14. The van der Waals surface area contributed by atoms with E-state index in [1.807, 2.05) is 0 Å². The summed E-state index contributed by atoms with van der Waals surface area (Å²) in [6.45, 7) is 1.43. The van der Waals surface area contributed by atoms with Gasteiger partial charge in [0, 0.05) is 32.7 Å². The second-order valence-electron chi connectivity index (χ2n) is 9.32. The van der Waals surface area contributed by atoms with Crippen LogP contribution in [0.2, 0.25) is 0 Å². The lowest BCUT2D eigenvalue weighted by molar-refractivity contribution is -0.126. The van der Waals surface area contributed by atoms with Gasteiger partial charge in [-0.3, -0.25) is 4.79 Å². The van der Waals surface area contributed by atoms with Crippen molar-refractivity contribution in [3.05, 3.63) is 53.8 Å². The molecule has 1 N–H and O–H groups in total. The Labute approximate surface area is 217 Å². The summed E-state index contributed by atoms with van der Waals surface area (Å²) < 4.78 is 73.6. The summed E-state index contributed by atoms with van der Waals surface area (Å²) in [7, 11) is -6.27. The maximum absolute atomic E-state index is 13.8. The molecule has 2 aromatic carbocycles. The number of nitrogens with zero attached hydrogens (tertiary/aromatic N) is 2. The van der Waals surface area contributed by atoms with Gasteiger partial charge in [0.2, 0.25) is 26.0 Å². The van der Waals surface area contributed by atoms with Crippen molar-refractivity contribution in [3.63, 3.8) is 0 Å². The van der Waals surface area contributed by atoms with Gasteiger partial charge in [0.1, 0.15) is 16.5 Å². The van der Waals surface area contributed by atoms with E-state index in [1.165, 1.54) is 21.8 Å². The minimum absolute atomic E-state index is 0.0269. The Kier molecular flexibility index (Phi) is 8.52. The molecule has 2 fully saturated rings. The summed E-state index contributed by atoms with van der Waals surface area (Å²) in [5.41, 5.74) is 0.732. The molecule has 0 spiro atoms. The van der Waals surface area contributed by atoms with Gasteiger partial charge in [-0.05, 0) is 61.6 Å². The molecule has 4 rings (SSSR count). The van der Waals surface area contributed by atoms with Gasteiger partial charge in [-0.1, -0.05) is 18.6 Å². The predicted octanol–water partition coefficient (Wildman–Crippen LogP) is 2.73. The Balaban J connectivity index is 1.38. The van der Waals surface area contributed by atoms with Gasteiger partial charge >= 0.3 is 0 Å². The van der Waals surface area contributed by atoms with Crippen LogP contribution in [0.15, 0.2) is 52.3 Å². The van der Waals surface area contributed by atoms with E-state index in [1.54, 1.807) is 24.3 Å². The Morgan fingerprint density at radius 1 is 0.946 bits per heavy atom. The fraction of sp³-hybridized carbons (Fsp3) is 0.480. The number of amides is 1. The topological polar surface area (TPSA) is 113 Å². The van der Waals surface area contributed by atoms with Crippen molar-refractivity contribution in [2.45, 2.75) is 48.4 Å². The molecular weight excluding hydrogens is 521 g/mol. The molecule has 1 amide bonds. The first-order valence-corrected chi connectivity index (χ1v) is 15.2. The van der Waals surface area contributed by atoms with Gasteiger partial charge in [0.05, 0.1) is 17.9 Å². The second-order valence-corrected chi connectivity index (χ2v) is 13.2. The Morgan fingerprint density at radius 3 is 2.30 bits per heavy atom. The summed E-state index contributed by atoms with van der Waals surface area (Å²) >= 11 is 0. The van der Waals surface area contributed by atoms with Crippen molar-refractivity contribution in [2.24, 2.45) is 5.92 Å². The monoisotopic (exact) mass is 553 g/mol. The number of sulfonamides is 2. The highest BCUT2D eigenvalue weighted by Gasteiger charge is 2.35. The zero-order chi connectivity index (χ0) is 26.6. The Bertz CT molecular complexity index is 1330. The minimum Gasteiger partial charge on any atom is -0.495 e. The largest absolute Gasteiger partial charge is 0.495 e. The second kappa shape index (κ2) is 11.5. The number of ether oxygens (including phenoxy) is 1. The third-order valence-corrected chi connectivity index (χ3v) is 10.6. The first kappa shape index (κ1) is 27.5. The number of methoxy groups -OCH3 is 1. The van der Waals surface area contributed by atoms with Crippen molar-refractivity contribution >= 4 is 26.0 Å². The number of halogens is 1. The van der Waals surface area contributed by atoms with Crippen molar-refractivity contribution < 1.29 is 30.8 Å². The summed E-state index contributed by atoms with van der Waals surface area (Å²) in [4.78, 5) is 12.8. The van der Waals surface area contributed by atoms with Gasteiger partial charge in [0.25, 0.3) is 0 Å². The molecule has 0 bridgehead atoms. The lowest BCUT2D eigenvalue weighted by Gasteiger charge is -2.31. The van der Waals surface area contributed by atoms with E-state index in [0.717, 1.165) is 37.0 Å². The SMILES string of the molecule is COc1ccc(F)cc1S(=O)(=O)N1CCCC(C(=O)NCc2ccc(S(=O)(=O)N3CCCCC3)cc2)C1. The summed E-state index contributed by atoms with van der Waals surface area (Å²) in [5.74, 6) is -1.52. The number of nitrogens with one attached hydrogen (secondary N) is 1. The van der Waals surface area contributed by atoms with Gasteiger partial charge < -0.3 is 10.1 Å². The number of hydrogen-bond acceptors (Lipinski definition) is 6. The van der Waals surface area contributed by atoms with E-state index < -0.39 is 31.8 Å². The van der Waals surface area contributed by atoms with Crippen LogP contribution in [0, 0.1) is 11.7 Å². The molecule has 1 atom stereocenters. The Hall–Kier alpha value is -2.54. The first-order valence-electron chi connectivity index (χ1n) is 12.3. The normalized spacial score (nSPS) is 19.9. The maximum Gasteiger partial charge on any atom is 0.246 e. The van der Waals surface area contributed by atoms with Crippen molar-refractivity contribution in [1.82, 2.24) is 13.9 Å². The third-order valence-electron chi connectivity index (χ3n) is 6.84. The van der Waals surface area contributed by atoms with Crippen LogP contribution in [-0.2, 0) is 31.4 Å². The van der Waals surface area contributed by atoms with Crippen LogP contribution in [0.3, 0.4) is 0 Å². The average Bonchev–Trinajstić information content (AvgIpc) is 2.92. The summed E-state index contributed by atoms with van der Waals surface area (Å²) in [5, 5.41) is 2.83. The van der Waals surface area contributed by atoms with Crippen LogP contribution in [0.25, 0.3) is 0 Å². The van der Waals surface area contributed by atoms with E-state index >= 15 is 0 Å². The van der Waals surface area contributed by atoms with E-state index in [4.69, 9.17) is 4.74 Å². The number of rotatable bonds is 8. The highest BCUT2D eigenvalue weighted by atomic mass is 32.2. The molecule has 0 aliphatic carbocycles. The quantitative estimate of drug-likeness (QED) is 0.538. The molecule has 202 valence electrons. The molecule has 9 nitrogen and oxygen atoms in total. The molecule has 37 heavy (non-hydrogen) atoms. The average molecular weight is 554 g/mol. The molecule has 12 heteroatoms. The van der Waals surface area contributed by atoms with Crippen LogP contribution >= 0.6 is 0 Å². The van der Waals surface area contributed by atoms with Gasteiger partial charge in [-0.25, -0.2) is 21.2 Å². The summed E-state index contributed by atoms with van der Waals surface area (Å²) in [6.07, 6.45) is 3.76. The van der Waals surface area contributed by atoms with E-state index in [-0.39, 0.29) is 41.1 Å². The fourth-order valence-corrected chi connectivity index (χ4v) is 7.94. The number of carbonyl (C=O) groups is 1. The smallest absolute Gasteiger partial charge is 0.246 e. The Morgan fingerprint density at radius 2 is 1.62 bits per heavy atom. The van der Waals surface area contributed by atoms with Crippen LogP contribution in [-0.4, -0.2) is 64.6 Å².